The van der Waals surface area contributed by atoms with Gasteiger partial charge in [-0.1, -0.05) is 54.6 Å². The third kappa shape index (κ3) is 3.59. The number of nitrogens with zero attached hydrogens (tertiary/aromatic N) is 1. The summed E-state index contributed by atoms with van der Waals surface area (Å²) < 4.78 is 5.96. The first kappa shape index (κ1) is 15.6. The van der Waals surface area contributed by atoms with Crippen LogP contribution in [0.1, 0.15) is 17.2 Å². The Labute approximate surface area is 147 Å². The summed E-state index contributed by atoms with van der Waals surface area (Å²) in [6.07, 6.45) is 0.185. The van der Waals surface area contributed by atoms with Crippen molar-refractivity contribution in [3.8, 4) is 11.1 Å². The van der Waals surface area contributed by atoms with Gasteiger partial charge in [0.15, 0.2) is 0 Å². The minimum atomic E-state index is 0.185. The van der Waals surface area contributed by atoms with Crippen molar-refractivity contribution in [2.75, 3.05) is 19.7 Å². The van der Waals surface area contributed by atoms with Crippen LogP contribution in [0.3, 0.4) is 0 Å². The zero-order chi connectivity index (χ0) is 16.2. The van der Waals surface area contributed by atoms with Crippen molar-refractivity contribution in [1.82, 2.24) is 4.90 Å². The molecular formula is C21H21NOS. The van der Waals surface area contributed by atoms with Gasteiger partial charge >= 0.3 is 0 Å². The average Bonchev–Trinajstić information content (AvgIpc) is 3.18. The van der Waals surface area contributed by atoms with E-state index in [1.54, 1.807) is 11.3 Å². The molecule has 0 saturated carbocycles. The second-order valence-corrected chi connectivity index (χ2v) is 6.99. The molecule has 0 spiro atoms. The van der Waals surface area contributed by atoms with E-state index >= 15 is 0 Å². The van der Waals surface area contributed by atoms with E-state index in [0.717, 1.165) is 26.2 Å². The first-order valence-corrected chi connectivity index (χ1v) is 9.33. The molecule has 1 unspecified atom stereocenters. The molecule has 3 aromatic rings. The van der Waals surface area contributed by atoms with Crippen LogP contribution in [0.25, 0.3) is 11.1 Å². The predicted octanol–water partition coefficient (Wildman–Crippen LogP) is 4.99. The highest BCUT2D eigenvalue weighted by Gasteiger charge is 2.21. The minimum absolute atomic E-state index is 0.185. The maximum Gasteiger partial charge on any atom is 0.0952 e. The molecule has 1 aliphatic heterocycles. The molecule has 0 amide bonds. The second kappa shape index (κ2) is 7.31. The Kier molecular flexibility index (Phi) is 4.74. The Balaban J connectivity index is 1.41. The van der Waals surface area contributed by atoms with Gasteiger partial charge in [0.1, 0.15) is 0 Å². The van der Waals surface area contributed by atoms with Gasteiger partial charge in [-0.15, -0.1) is 0 Å². The van der Waals surface area contributed by atoms with Crippen LogP contribution < -0.4 is 0 Å². The van der Waals surface area contributed by atoms with Gasteiger partial charge in [0.05, 0.1) is 12.7 Å². The molecule has 1 fully saturated rings. The van der Waals surface area contributed by atoms with E-state index < -0.39 is 0 Å². The first-order valence-electron chi connectivity index (χ1n) is 8.39. The van der Waals surface area contributed by atoms with E-state index in [-0.39, 0.29) is 6.10 Å². The molecule has 1 aromatic heterocycles. The molecule has 0 radical (unpaired) electrons. The molecule has 1 aliphatic rings. The Morgan fingerprint density at radius 1 is 0.958 bits per heavy atom. The van der Waals surface area contributed by atoms with Crippen LogP contribution in [-0.2, 0) is 11.3 Å². The van der Waals surface area contributed by atoms with Gasteiger partial charge in [0.25, 0.3) is 0 Å². The van der Waals surface area contributed by atoms with Crippen LogP contribution in [0.4, 0.5) is 0 Å². The SMILES string of the molecule is c1ccc(C2CN(Cc3ccc(-c4ccsc4)cc3)CCO2)cc1. The third-order valence-electron chi connectivity index (χ3n) is 4.54. The van der Waals surface area contributed by atoms with Crippen molar-refractivity contribution in [3.63, 3.8) is 0 Å². The molecule has 2 aromatic carbocycles. The van der Waals surface area contributed by atoms with Crippen molar-refractivity contribution in [1.29, 1.82) is 0 Å². The number of thiophene rings is 1. The van der Waals surface area contributed by atoms with Gasteiger partial charge in [0.2, 0.25) is 0 Å². The summed E-state index contributed by atoms with van der Waals surface area (Å²) in [5.74, 6) is 0. The van der Waals surface area contributed by atoms with Crippen LogP contribution >= 0.6 is 11.3 Å². The van der Waals surface area contributed by atoms with Crippen molar-refractivity contribution < 1.29 is 4.74 Å². The monoisotopic (exact) mass is 335 g/mol. The Morgan fingerprint density at radius 2 is 1.79 bits per heavy atom. The van der Waals surface area contributed by atoms with E-state index in [4.69, 9.17) is 4.74 Å². The van der Waals surface area contributed by atoms with Crippen LogP contribution in [0.15, 0.2) is 71.4 Å². The van der Waals surface area contributed by atoms with Crippen molar-refractivity contribution >= 4 is 11.3 Å². The number of rotatable bonds is 4. The zero-order valence-electron chi connectivity index (χ0n) is 13.6. The molecule has 24 heavy (non-hydrogen) atoms. The lowest BCUT2D eigenvalue weighted by Crippen LogP contribution is -2.37. The molecule has 3 heteroatoms. The summed E-state index contributed by atoms with van der Waals surface area (Å²) >= 11 is 1.74. The molecule has 1 atom stereocenters. The summed E-state index contributed by atoms with van der Waals surface area (Å²) in [5, 5.41) is 4.32. The maximum atomic E-state index is 5.96. The first-order chi connectivity index (χ1) is 11.9. The fourth-order valence-electron chi connectivity index (χ4n) is 3.21. The molecule has 1 saturated heterocycles. The van der Waals surface area contributed by atoms with Crippen LogP contribution in [0.2, 0.25) is 0 Å². The van der Waals surface area contributed by atoms with Gasteiger partial charge < -0.3 is 4.74 Å². The zero-order valence-corrected chi connectivity index (χ0v) is 14.4. The highest BCUT2D eigenvalue weighted by molar-refractivity contribution is 7.08. The maximum absolute atomic E-state index is 5.96. The van der Waals surface area contributed by atoms with Gasteiger partial charge in [-0.05, 0) is 39.1 Å². The quantitative estimate of drug-likeness (QED) is 0.666. The number of ether oxygens (including phenoxy) is 1. The van der Waals surface area contributed by atoms with Crippen LogP contribution in [0.5, 0.6) is 0 Å². The topological polar surface area (TPSA) is 12.5 Å². The predicted molar refractivity (Wildman–Crippen MR) is 100 cm³/mol. The van der Waals surface area contributed by atoms with E-state index in [1.807, 2.05) is 0 Å². The van der Waals surface area contributed by atoms with Crippen LogP contribution in [-0.4, -0.2) is 24.6 Å². The second-order valence-electron chi connectivity index (χ2n) is 6.21. The summed E-state index contributed by atoms with van der Waals surface area (Å²) in [6.45, 7) is 3.73. The van der Waals surface area contributed by atoms with Gasteiger partial charge in [-0.3, -0.25) is 4.90 Å². The highest BCUT2D eigenvalue weighted by atomic mass is 32.1. The Morgan fingerprint density at radius 3 is 2.54 bits per heavy atom. The Bertz CT molecular complexity index is 752. The average molecular weight is 335 g/mol. The molecule has 2 heterocycles. The number of hydrogen-bond acceptors (Lipinski definition) is 3. The van der Waals surface area contributed by atoms with Crippen molar-refractivity contribution in [3.05, 3.63) is 82.6 Å². The standard InChI is InChI=1S/C21H21NOS/c1-2-4-19(5-3-1)21-15-22(11-12-23-21)14-17-6-8-18(9-7-17)20-10-13-24-16-20/h1-10,13,16,21H,11-12,14-15H2. The lowest BCUT2D eigenvalue weighted by molar-refractivity contribution is -0.0329. The minimum Gasteiger partial charge on any atom is -0.371 e. The van der Waals surface area contributed by atoms with E-state index in [2.05, 4.69) is 76.3 Å². The molecule has 0 aliphatic carbocycles. The normalized spacial score (nSPS) is 18.6. The van der Waals surface area contributed by atoms with Crippen molar-refractivity contribution in [2.24, 2.45) is 0 Å². The van der Waals surface area contributed by atoms with Crippen molar-refractivity contribution in [2.45, 2.75) is 12.6 Å². The fourth-order valence-corrected chi connectivity index (χ4v) is 3.87. The molecule has 0 bridgehead atoms. The molecule has 2 nitrogen and oxygen atoms in total. The lowest BCUT2D eigenvalue weighted by Gasteiger charge is -2.33. The molecule has 122 valence electrons. The van der Waals surface area contributed by atoms with Gasteiger partial charge in [0, 0.05) is 19.6 Å². The summed E-state index contributed by atoms with van der Waals surface area (Å²) in [7, 11) is 0. The molecule has 0 N–H and O–H groups in total. The van der Waals surface area contributed by atoms with Gasteiger partial charge in [-0.25, -0.2) is 0 Å². The number of hydrogen-bond donors (Lipinski definition) is 0. The highest BCUT2D eigenvalue weighted by Crippen LogP contribution is 2.25. The summed E-state index contributed by atoms with van der Waals surface area (Å²) in [5.41, 5.74) is 5.24. The van der Waals surface area contributed by atoms with Crippen LogP contribution in [0, 0.1) is 0 Å². The number of benzene rings is 2. The molecule has 4 rings (SSSR count). The smallest absolute Gasteiger partial charge is 0.0952 e. The van der Waals surface area contributed by atoms with E-state index in [9.17, 15) is 0 Å². The largest absolute Gasteiger partial charge is 0.371 e. The van der Waals surface area contributed by atoms with E-state index in [0.29, 0.717) is 0 Å². The lowest BCUT2D eigenvalue weighted by atomic mass is 10.1. The summed E-state index contributed by atoms with van der Waals surface area (Å²) in [4.78, 5) is 2.49. The van der Waals surface area contributed by atoms with E-state index in [1.165, 1.54) is 22.3 Å². The molecular weight excluding hydrogens is 314 g/mol. The summed E-state index contributed by atoms with van der Waals surface area (Å²) in [6, 6.07) is 21.7. The third-order valence-corrected chi connectivity index (χ3v) is 5.22. The Hall–Kier alpha value is -1.94. The van der Waals surface area contributed by atoms with Gasteiger partial charge in [-0.2, -0.15) is 11.3 Å². The fraction of sp³-hybridized carbons (Fsp3) is 0.238. The number of morpholine rings is 1.